The average molecular weight is 190 g/mol. The summed E-state index contributed by atoms with van der Waals surface area (Å²) in [5.74, 6) is 0.622. The van der Waals surface area contributed by atoms with Crippen molar-refractivity contribution in [2.75, 3.05) is 0 Å². The summed E-state index contributed by atoms with van der Waals surface area (Å²) >= 11 is 0. The van der Waals surface area contributed by atoms with E-state index >= 15 is 0 Å². The van der Waals surface area contributed by atoms with Gasteiger partial charge in [-0.25, -0.2) is 0 Å². The largest absolute Gasteiger partial charge is 0.303 e. The molecule has 0 N–H and O–H groups in total. The maximum Gasteiger partial charge on any atom is 0.127 e. The van der Waals surface area contributed by atoms with Gasteiger partial charge in [0.2, 0.25) is 0 Å². The van der Waals surface area contributed by atoms with Crippen LogP contribution in [0, 0.1) is 0 Å². The fourth-order valence-electron chi connectivity index (χ4n) is 1.44. The lowest BCUT2D eigenvalue weighted by molar-refractivity contribution is -0.108. The van der Waals surface area contributed by atoms with Gasteiger partial charge >= 0.3 is 0 Å². The highest BCUT2D eigenvalue weighted by Gasteiger charge is 2.05. The highest BCUT2D eigenvalue weighted by Crippen LogP contribution is 2.21. The molecule has 0 saturated carbocycles. The summed E-state index contributed by atoms with van der Waals surface area (Å²) in [4.78, 5) is 10.6. The van der Waals surface area contributed by atoms with Gasteiger partial charge in [-0.1, -0.05) is 45.0 Å². The average Bonchev–Trinajstić information content (AvgIpc) is 2.27. The van der Waals surface area contributed by atoms with Gasteiger partial charge in [-0.3, -0.25) is 0 Å². The number of benzene rings is 1. The Hall–Kier alpha value is -1.11. The smallest absolute Gasteiger partial charge is 0.127 e. The van der Waals surface area contributed by atoms with Gasteiger partial charge in [-0.05, 0) is 23.5 Å². The summed E-state index contributed by atoms with van der Waals surface area (Å²) in [6, 6.07) is 8.37. The third-order valence-electron chi connectivity index (χ3n) is 2.85. The second-order valence-electron chi connectivity index (χ2n) is 3.90. The molecule has 0 radical (unpaired) electrons. The molecule has 76 valence electrons. The zero-order valence-corrected chi connectivity index (χ0v) is 9.16. The molecule has 0 fully saturated rings. The number of carbonyl (C=O) groups is 1. The van der Waals surface area contributed by atoms with E-state index in [0.29, 0.717) is 5.92 Å². The van der Waals surface area contributed by atoms with Gasteiger partial charge in [0.25, 0.3) is 0 Å². The first-order valence-corrected chi connectivity index (χ1v) is 5.24. The van der Waals surface area contributed by atoms with Crippen LogP contribution in [0.5, 0.6) is 0 Å². The predicted molar refractivity (Wildman–Crippen MR) is 59.6 cm³/mol. The molecule has 2 unspecified atom stereocenters. The summed E-state index contributed by atoms with van der Waals surface area (Å²) < 4.78 is 0. The minimum Gasteiger partial charge on any atom is -0.303 e. The Morgan fingerprint density at radius 1 is 1.14 bits per heavy atom. The highest BCUT2D eigenvalue weighted by atomic mass is 16.1. The van der Waals surface area contributed by atoms with Gasteiger partial charge in [0.05, 0.1) is 0 Å². The van der Waals surface area contributed by atoms with Crippen LogP contribution in [0.4, 0.5) is 0 Å². The maximum absolute atomic E-state index is 10.6. The summed E-state index contributed by atoms with van der Waals surface area (Å²) in [6.07, 6.45) is 2.14. The monoisotopic (exact) mass is 190 g/mol. The fraction of sp³-hybridized carbons (Fsp3) is 0.462. The molecule has 1 aromatic rings. The Bertz CT molecular complexity index is 287. The molecular formula is C13H18O. The first-order valence-electron chi connectivity index (χ1n) is 5.24. The lowest BCUT2D eigenvalue weighted by atomic mass is 9.95. The zero-order valence-electron chi connectivity index (χ0n) is 9.16. The Labute approximate surface area is 86.1 Å². The predicted octanol–water partition coefficient (Wildman–Crippen LogP) is 3.50. The van der Waals surface area contributed by atoms with E-state index in [1.54, 1.807) is 0 Å². The van der Waals surface area contributed by atoms with Crippen molar-refractivity contribution in [2.45, 2.75) is 39.0 Å². The first kappa shape index (κ1) is 11.0. The number of rotatable bonds is 4. The Morgan fingerprint density at radius 2 is 1.64 bits per heavy atom. The number of carbonyl (C=O) groups excluding carboxylic acids is 1. The molecule has 1 heteroatoms. The van der Waals surface area contributed by atoms with Crippen LogP contribution in [0.1, 0.15) is 50.2 Å². The molecule has 0 saturated heterocycles. The van der Waals surface area contributed by atoms with E-state index in [1.807, 2.05) is 6.92 Å². The van der Waals surface area contributed by atoms with Crippen LogP contribution in [-0.2, 0) is 4.79 Å². The first-order chi connectivity index (χ1) is 6.69. The molecule has 0 heterocycles. The van der Waals surface area contributed by atoms with Crippen molar-refractivity contribution in [1.29, 1.82) is 0 Å². The highest BCUT2D eigenvalue weighted by molar-refractivity contribution is 5.61. The fourth-order valence-corrected chi connectivity index (χ4v) is 1.44. The second-order valence-corrected chi connectivity index (χ2v) is 3.90. The molecule has 1 aromatic carbocycles. The molecule has 1 nitrogen and oxygen atoms in total. The van der Waals surface area contributed by atoms with Gasteiger partial charge in [0.15, 0.2) is 0 Å². The van der Waals surface area contributed by atoms with E-state index in [-0.39, 0.29) is 5.92 Å². The van der Waals surface area contributed by atoms with E-state index < -0.39 is 0 Å². The molecule has 0 aliphatic carbocycles. The molecule has 1 rings (SSSR count). The summed E-state index contributed by atoms with van der Waals surface area (Å²) in [5, 5.41) is 0. The van der Waals surface area contributed by atoms with Crippen molar-refractivity contribution in [3.8, 4) is 0 Å². The number of hydrogen-bond acceptors (Lipinski definition) is 1. The molecule has 0 aliphatic rings. The van der Waals surface area contributed by atoms with Crippen LogP contribution in [0.25, 0.3) is 0 Å². The van der Waals surface area contributed by atoms with Crippen molar-refractivity contribution >= 4 is 6.29 Å². The summed E-state index contributed by atoms with van der Waals surface area (Å²) in [5.41, 5.74) is 2.46. The lowest BCUT2D eigenvalue weighted by Gasteiger charge is -2.10. The minimum absolute atomic E-state index is 0.0148. The molecule has 0 spiro atoms. The van der Waals surface area contributed by atoms with Gasteiger partial charge in [0, 0.05) is 5.92 Å². The number of aldehydes is 1. The molecule has 2 atom stereocenters. The lowest BCUT2D eigenvalue weighted by Crippen LogP contribution is -1.96. The molecule has 0 aliphatic heterocycles. The molecule has 0 bridgehead atoms. The van der Waals surface area contributed by atoms with Crippen LogP contribution in [0.2, 0.25) is 0 Å². The van der Waals surface area contributed by atoms with Gasteiger partial charge in [-0.2, -0.15) is 0 Å². The molecule has 14 heavy (non-hydrogen) atoms. The second kappa shape index (κ2) is 4.94. The van der Waals surface area contributed by atoms with Crippen LogP contribution >= 0.6 is 0 Å². The van der Waals surface area contributed by atoms with E-state index in [0.717, 1.165) is 18.3 Å². The summed E-state index contributed by atoms with van der Waals surface area (Å²) in [7, 11) is 0. The Morgan fingerprint density at radius 3 is 2.07 bits per heavy atom. The van der Waals surface area contributed by atoms with Crippen molar-refractivity contribution in [3.63, 3.8) is 0 Å². The van der Waals surface area contributed by atoms with Crippen molar-refractivity contribution < 1.29 is 4.79 Å². The van der Waals surface area contributed by atoms with Gasteiger partial charge < -0.3 is 4.79 Å². The normalized spacial score (nSPS) is 14.8. The van der Waals surface area contributed by atoms with E-state index in [9.17, 15) is 4.79 Å². The third-order valence-corrected chi connectivity index (χ3v) is 2.85. The minimum atomic E-state index is 0.0148. The van der Waals surface area contributed by atoms with E-state index in [4.69, 9.17) is 0 Å². The maximum atomic E-state index is 10.6. The molecule has 0 aromatic heterocycles. The van der Waals surface area contributed by atoms with Crippen molar-refractivity contribution in [3.05, 3.63) is 35.4 Å². The van der Waals surface area contributed by atoms with Crippen LogP contribution < -0.4 is 0 Å². The van der Waals surface area contributed by atoms with E-state index in [1.165, 1.54) is 5.56 Å². The van der Waals surface area contributed by atoms with Gasteiger partial charge in [0.1, 0.15) is 6.29 Å². The zero-order chi connectivity index (χ0) is 10.6. The topological polar surface area (TPSA) is 17.1 Å². The third kappa shape index (κ3) is 2.44. The van der Waals surface area contributed by atoms with Crippen LogP contribution in [0.15, 0.2) is 24.3 Å². The molecule has 0 amide bonds. The quantitative estimate of drug-likeness (QED) is 0.664. The summed E-state index contributed by atoms with van der Waals surface area (Å²) in [6.45, 7) is 6.33. The molecular weight excluding hydrogens is 172 g/mol. The SMILES string of the molecule is CCC(C)c1ccc(C(C)C=O)cc1. The van der Waals surface area contributed by atoms with Gasteiger partial charge in [-0.15, -0.1) is 0 Å². The standard InChI is InChI=1S/C13H18O/c1-4-10(2)12-5-7-13(8-6-12)11(3)9-14/h5-11H,4H2,1-3H3. The Kier molecular flexibility index (Phi) is 3.87. The Balaban J connectivity index is 2.83. The number of hydrogen-bond donors (Lipinski definition) is 0. The van der Waals surface area contributed by atoms with Crippen molar-refractivity contribution in [2.24, 2.45) is 0 Å². The van der Waals surface area contributed by atoms with Crippen LogP contribution in [-0.4, -0.2) is 6.29 Å². The van der Waals surface area contributed by atoms with Crippen molar-refractivity contribution in [1.82, 2.24) is 0 Å². The van der Waals surface area contributed by atoms with Crippen LogP contribution in [0.3, 0.4) is 0 Å². The van der Waals surface area contributed by atoms with E-state index in [2.05, 4.69) is 38.1 Å².